The van der Waals surface area contributed by atoms with Gasteiger partial charge >= 0.3 is 0 Å². The molecule has 0 radical (unpaired) electrons. The Morgan fingerprint density at radius 1 is 1.33 bits per heavy atom. The second-order valence-electron chi connectivity index (χ2n) is 7.23. The molecule has 1 aliphatic rings. The van der Waals surface area contributed by atoms with Crippen LogP contribution in [-0.4, -0.2) is 35.7 Å². The lowest BCUT2D eigenvalue weighted by atomic mass is 10.0. The summed E-state index contributed by atoms with van der Waals surface area (Å²) in [6.45, 7) is 4.75. The Kier molecular flexibility index (Phi) is 6.88. The van der Waals surface area contributed by atoms with Crippen LogP contribution in [0.2, 0.25) is 0 Å². The van der Waals surface area contributed by atoms with Crippen molar-refractivity contribution in [1.82, 2.24) is 9.97 Å². The van der Waals surface area contributed by atoms with E-state index in [-0.39, 0.29) is 5.91 Å². The zero-order valence-electron chi connectivity index (χ0n) is 16.9. The van der Waals surface area contributed by atoms with Crippen LogP contribution in [0.4, 0.5) is 5.13 Å². The van der Waals surface area contributed by atoms with Crippen LogP contribution in [0.3, 0.4) is 0 Å². The largest absolute Gasteiger partial charge is 0.463 e. The minimum atomic E-state index is -0.229. The molecule has 3 aromatic rings. The van der Waals surface area contributed by atoms with Crippen LogP contribution in [0.1, 0.15) is 40.6 Å². The third-order valence-electron chi connectivity index (χ3n) is 5.07. The van der Waals surface area contributed by atoms with E-state index in [1.807, 2.05) is 25.1 Å². The molecule has 0 spiro atoms. The molecule has 1 saturated heterocycles. The number of nitrogens with one attached hydrogen (secondary N) is 1. The maximum Gasteiger partial charge on any atom is 0.259 e. The van der Waals surface area contributed by atoms with Crippen LogP contribution >= 0.6 is 11.3 Å². The summed E-state index contributed by atoms with van der Waals surface area (Å²) in [6, 6.07) is 5.53. The van der Waals surface area contributed by atoms with E-state index in [0.29, 0.717) is 41.3 Å². The minimum absolute atomic E-state index is 0.229. The fourth-order valence-electron chi connectivity index (χ4n) is 3.31. The monoisotopic (exact) mass is 427 g/mol. The Hall–Kier alpha value is -2.55. The summed E-state index contributed by atoms with van der Waals surface area (Å²) in [5.74, 6) is 0.953. The molecule has 7 nitrogen and oxygen atoms in total. The lowest BCUT2D eigenvalue weighted by molar-refractivity contribution is 0.0164. The Morgan fingerprint density at radius 3 is 2.97 bits per heavy atom. The first-order chi connectivity index (χ1) is 14.7. The van der Waals surface area contributed by atoms with Crippen LogP contribution in [0.5, 0.6) is 0 Å². The Bertz CT molecular complexity index is 965. The normalized spacial score (nSPS) is 14.7. The first-order valence-electron chi connectivity index (χ1n) is 10.2. The van der Waals surface area contributed by atoms with Crippen LogP contribution in [0, 0.1) is 5.92 Å². The van der Waals surface area contributed by atoms with Crippen molar-refractivity contribution in [2.24, 2.45) is 5.92 Å². The van der Waals surface area contributed by atoms with E-state index in [2.05, 4.69) is 15.3 Å². The third-order valence-corrected chi connectivity index (χ3v) is 6.01. The average molecular weight is 428 g/mol. The summed E-state index contributed by atoms with van der Waals surface area (Å²) in [5, 5.41) is 3.40. The number of anilines is 1. The molecule has 0 aromatic carbocycles. The summed E-state index contributed by atoms with van der Waals surface area (Å²) in [4.78, 5) is 22.3. The van der Waals surface area contributed by atoms with Gasteiger partial charge in [-0.25, -0.2) is 4.98 Å². The van der Waals surface area contributed by atoms with Crippen molar-refractivity contribution in [2.75, 3.05) is 25.1 Å². The molecular formula is C22H25N3O4S. The average Bonchev–Trinajstić information content (AvgIpc) is 3.44. The van der Waals surface area contributed by atoms with Gasteiger partial charge in [0.25, 0.3) is 5.91 Å². The van der Waals surface area contributed by atoms with Gasteiger partial charge in [-0.05, 0) is 48.9 Å². The van der Waals surface area contributed by atoms with Crippen molar-refractivity contribution >= 4 is 22.4 Å². The van der Waals surface area contributed by atoms with Gasteiger partial charge in [0, 0.05) is 25.6 Å². The van der Waals surface area contributed by atoms with Gasteiger partial charge in [-0.1, -0.05) is 18.3 Å². The number of aromatic nitrogens is 2. The quantitative estimate of drug-likeness (QED) is 0.567. The predicted molar refractivity (Wildman–Crippen MR) is 115 cm³/mol. The highest BCUT2D eigenvalue weighted by atomic mass is 32.1. The second-order valence-corrected chi connectivity index (χ2v) is 8.31. The highest BCUT2D eigenvalue weighted by Crippen LogP contribution is 2.32. The Labute approximate surface area is 179 Å². The highest BCUT2D eigenvalue weighted by Gasteiger charge is 2.19. The van der Waals surface area contributed by atoms with Gasteiger partial charge in [-0.15, -0.1) is 0 Å². The molecule has 8 heteroatoms. The smallest absolute Gasteiger partial charge is 0.259 e. The number of pyridine rings is 1. The van der Waals surface area contributed by atoms with Crippen molar-refractivity contribution in [1.29, 1.82) is 0 Å². The number of hydrogen-bond acceptors (Lipinski definition) is 7. The fraction of sp³-hybridized carbons (Fsp3) is 0.409. The van der Waals surface area contributed by atoms with Crippen molar-refractivity contribution < 1.29 is 18.7 Å². The van der Waals surface area contributed by atoms with Crippen LogP contribution in [0.15, 0.2) is 41.3 Å². The SMILES string of the molecule is CCc1cncc(C(=O)Nc2nc(-c3ccco3)c(COCC3CCOCC3)s2)c1. The van der Waals surface area contributed by atoms with Gasteiger partial charge in [-0.3, -0.25) is 15.1 Å². The summed E-state index contributed by atoms with van der Waals surface area (Å²) in [6.07, 6.45) is 7.82. The number of carbonyl (C=O) groups excluding carboxylic acids is 1. The molecule has 0 unspecified atom stereocenters. The molecule has 1 N–H and O–H groups in total. The maximum atomic E-state index is 12.7. The number of ether oxygens (including phenoxy) is 2. The zero-order valence-corrected chi connectivity index (χ0v) is 17.7. The molecule has 4 heterocycles. The summed E-state index contributed by atoms with van der Waals surface area (Å²) < 4.78 is 16.9. The number of nitrogens with zero attached hydrogens (tertiary/aromatic N) is 2. The molecule has 3 aromatic heterocycles. The molecule has 0 saturated carbocycles. The van der Waals surface area contributed by atoms with Gasteiger partial charge in [0.1, 0.15) is 5.69 Å². The third kappa shape index (κ3) is 5.13. The summed E-state index contributed by atoms with van der Waals surface area (Å²) in [7, 11) is 0. The molecule has 0 aliphatic carbocycles. The standard InChI is InChI=1S/C22H25N3O4S/c1-2-15-10-17(12-23-11-15)21(26)25-22-24-20(18-4-3-7-29-18)19(30-22)14-28-13-16-5-8-27-9-6-16/h3-4,7,10-12,16H,2,5-6,8-9,13-14H2,1H3,(H,24,25,26). The zero-order chi connectivity index (χ0) is 20.8. The Balaban J connectivity index is 1.46. The van der Waals surface area contributed by atoms with E-state index >= 15 is 0 Å². The number of thiazole rings is 1. The summed E-state index contributed by atoms with van der Waals surface area (Å²) >= 11 is 1.40. The molecule has 158 valence electrons. The van der Waals surface area contributed by atoms with Crippen LogP contribution in [-0.2, 0) is 22.5 Å². The molecule has 4 rings (SSSR count). The number of furan rings is 1. The lowest BCUT2D eigenvalue weighted by Gasteiger charge is -2.21. The Morgan fingerprint density at radius 2 is 2.20 bits per heavy atom. The molecule has 0 bridgehead atoms. The predicted octanol–water partition coefficient (Wildman–Crippen LogP) is 4.56. The molecule has 0 atom stereocenters. The van der Waals surface area contributed by atoms with Crippen molar-refractivity contribution in [2.45, 2.75) is 32.8 Å². The van der Waals surface area contributed by atoms with Crippen LogP contribution in [0.25, 0.3) is 11.5 Å². The van der Waals surface area contributed by atoms with E-state index in [0.717, 1.165) is 42.9 Å². The van der Waals surface area contributed by atoms with Crippen molar-refractivity contribution in [3.05, 3.63) is 52.9 Å². The van der Waals surface area contributed by atoms with Gasteiger partial charge in [0.15, 0.2) is 10.9 Å². The number of carbonyl (C=O) groups is 1. The number of aryl methyl sites for hydroxylation is 1. The lowest BCUT2D eigenvalue weighted by Crippen LogP contribution is -2.20. The molecule has 30 heavy (non-hydrogen) atoms. The highest BCUT2D eigenvalue weighted by molar-refractivity contribution is 7.16. The summed E-state index contributed by atoms with van der Waals surface area (Å²) in [5.41, 5.74) is 2.23. The first kappa shape index (κ1) is 20.7. The van der Waals surface area contributed by atoms with Gasteiger partial charge in [0.05, 0.1) is 29.9 Å². The van der Waals surface area contributed by atoms with Crippen molar-refractivity contribution in [3.8, 4) is 11.5 Å². The van der Waals surface area contributed by atoms with Gasteiger partial charge in [0.2, 0.25) is 0 Å². The maximum absolute atomic E-state index is 12.7. The van der Waals surface area contributed by atoms with E-state index in [1.54, 1.807) is 18.7 Å². The first-order valence-corrected chi connectivity index (χ1v) is 11.0. The van der Waals surface area contributed by atoms with E-state index in [1.165, 1.54) is 11.3 Å². The second kappa shape index (κ2) is 9.97. The molecule has 1 fully saturated rings. The van der Waals surface area contributed by atoms with E-state index < -0.39 is 0 Å². The number of rotatable bonds is 8. The topological polar surface area (TPSA) is 86.5 Å². The molecule has 1 aliphatic heterocycles. The number of hydrogen-bond donors (Lipinski definition) is 1. The minimum Gasteiger partial charge on any atom is -0.463 e. The van der Waals surface area contributed by atoms with Gasteiger partial charge < -0.3 is 13.9 Å². The fourth-order valence-corrected chi connectivity index (χ4v) is 4.21. The van der Waals surface area contributed by atoms with Crippen molar-refractivity contribution in [3.63, 3.8) is 0 Å². The van der Waals surface area contributed by atoms with E-state index in [9.17, 15) is 4.79 Å². The van der Waals surface area contributed by atoms with Crippen LogP contribution < -0.4 is 5.32 Å². The van der Waals surface area contributed by atoms with Gasteiger partial charge in [-0.2, -0.15) is 0 Å². The number of amides is 1. The van der Waals surface area contributed by atoms with E-state index in [4.69, 9.17) is 13.9 Å². The molecule has 1 amide bonds. The molecular weight excluding hydrogens is 402 g/mol.